The van der Waals surface area contributed by atoms with Crippen LogP contribution in [-0.2, 0) is 32.1 Å². The highest BCUT2D eigenvalue weighted by Crippen LogP contribution is 2.17. The number of nitrogens with two attached hydrogens (primary N) is 1. The van der Waals surface area contributed by atoms with E-state index in [9.17, 15) is 32.3 Å². The molecular weight excluding hydrogens is 753 g/mol. The van der Waals surface area contributed by atoms with Crippen LogP contribution < -0.4 is 26.7 Å². The van der Waals surface area contributed by atoms with Gasteiger partial charge in [0.2, 0.25) is 11.6 Å². The van der Waals surface area contributed by atoms with Crippen molar-refractivity contribution < 1.29 is 51.3 Å². The van der Waals surface area contributed by atoms with Gasteiger partial charge in [0.15, 0.2) is 0 Å². The highest BCUT2D eigenvalue weighted by molar-refractivity contribution is 6.03. The highest BCUT2D eigenvalue weighted by Gasteiger charge is 2.39. The molecule has 0 aliphatic rings. The average molecular weight is 811 g/mol. The molecule has 1 aromatic heterocycles. The van der Waals surface area contributed by atoms with Gasteiger partial charge in [-0.1, -0.05) is 25.7 Å². The van der Waals surface area contributed by atoms with E-state index < -0.39 is 47.2 Å². The summed E-state index contributed by atoms with van der Waals surface area (Å²) < 4.78 is 63.8. The zero-order chi connectivity index (χ0) is 43.0. The number of aromatic nitrogens is 2. The first-order valence-corrected chi connectivity index (χ1v) is 18.6. The van der Waals surface area contributed by atoms with Crippen LogP contribution in [0.4, 0.5) is 27.6 Å². The molecule has 1 heterocycles. The largest absolute Gasteiger partial charge is 0.492 e. The molecule has 0 aliphatic heterocycles. The van der Waals surface area contributed by atoms with Crippen LogP contribution >= 0.6 is 0 Å². The molecule has 0 fully saturated rings. The van der Waals surface area contributed by atoms with Crippen molar-refractivity contribution in [1.82, 2.24) is 19.8 Å². The van der Waals surface area contributed by atoms with Crippen molar-refractivity contribution in [2.24, 2.45) is 20.7 Å². The van der Waals surface area contributed by atoms with Gasteiger partial charge in [-0.3, -0.25) is 20.4 Å². The van der Waals surface area contributed by atoms with Gasteiger partial charge >= 0.3 is 30.4 Å². The van der Waals surface area contributed by atoms with Crippen LogP contribution in [0.15, 0.2) is 51.6 Å². The van der Waals surface area contributed by atoms with E-state index in [0.717, 1.165) is 25.7 Å². The monoisotopic (exact) mass is 810 g/mol. The van der Waals surface area contributed by atoms with Crippen LogP contribution in [0.5, 0.6) is 5.75 Å². The van der Waals surface area contributed by atoms with Crippen LogP contribution in [0, 0.1) is 0 Å². The summed E-state index contributed by atoms with van der Waals surface area (Å²) in [6, 6.07) is 6.38. The second-order valence-corrected chi connectivity index (χ2v) is 15.9. The van der Waals surface area contributed by atoms with E-state index in [1.165, 1.54) is 15.3 Å². The lowest BCUT2D eigenvalue weighted by Crippen LogP contribution is -2.47. The van der Waals surface area contributed by atoms with E-state index in [4.69, 9.17) is 24.7 Å². The van der Waals surface area contributed by atoms with Crippen LogP contribution in [0.2, 0.25) is 0 Å². The fourth-order valence-electron chi connectivity index (χ4n) is 4.73. The molecule has 19 heteroatoms. The number of alkyl carbamates (subject to hydrolysis) is 2. The topological polar surface area (TPSA) is 202 Å². The van der Waals surface area contributed by atoms with Crippen LogP contribution in [0.3, 0.4) is 0 Å². The van der Waals surface area contributed by atoms with Crippen molar-refractivity contribution >= 4 is 36.0 Å². The fraction of sp³-hybridized carbons (Fsp3) is 0.605. The minimum absolute atomic E-state index is 0.0396. The zero-order valence-electron chi connectivity index (χ0n) is 34.2. The SMILES string of the molecule is CC(C)(C)OC(=O)/N=C(\N)c1ccc(OCCn2ccn(CCCCCCCCN=C(NC(=O)OC(C)(C)C)NC(=O)OC(C)(C)C)c2=NC(=O)C(F)(F)F)cc1. The van der Waals surface area contributed by atoms with Gasteiger partial charge < -0.3 is 33.8 Å². The summed E-state index contributed by atoms with van der Waals surface area (Å²) in [5, 5.41) is 4.88. The Hall–Kier alpha value is -5.36. The van der Waals surface area contributed by atoms with Gasteiger partial charge in [0.05, 0.1) is 6.54 Å². The maximum atomic E-state index is 13.2. The van der Waals surface area contributed by atoms with Gasteiger partial charge in [-0.15, -0.1) is 0 Å². The summed E-state index contributed by atoms with van der Waals surface area (Å²) in [7, 11) is 0. The summed E-state index contributed by atoms with van der Waals surface area (Å²) in [6.07, 6.45) is 0.0390. The van der Waals surface area contributed by atoms with Crippen molar-refractivity contribution in [3.05, 3.63) is 47.8 Å². The van der Waals surface area contributed by atoms with Gasteiger partial charge in [0, 0.05) is 31.0 Å². The number of imidazole rings is 1. The molecule has 0 saturated heterocycles. The molecule has 57 heavy (non-hydrogen) atoms. The number of guanidine groups is 1. The lowest BCUT2D eigenvalue weighted by Gasteiger charge is -2.22. The number of alkyl halides is 3. The van der Waals surface area contributed by atoms with E-state index in [1.54, 1.807) is 92.8 Å². The molecule has 2 rings (SSSR count). The number of amides is 4. The number of unbranched alkanes of at least 4 members (excludes halogenated alkanes) is 5. The van der Waals surface area contributed by atoms with Gasteiger partial charge in [0.25, 0.3) is 0 Å². The number of benzene rings is 1. The Balaban J connectivity index is 1.93. The molecule has 2 aromatic rings. The molecular formula is C38H57F3N8O8. The Morgan fingerprint density at radius 2 is 1.19 bits per heavy atom. The lowest BCUT2D eigenvalue weighted by molar-refractivity contribution is -0.169. The standard InChI is InChI=1S/C38H57F3N8O8/c1-35(2,3)55-32(51)44-28(42)26-16-18-27(19-17-26)54-25-24-49-23-22-48(31(49)45-29(50)38(39,40)41)21-15-13-11-10-12-14-20-43-30(46-33(52)56-36(4,5)6)47-34(53)57-37(7,8)9/h16-19,22-23H,10-15,20-21,24-25H2,1-9H3,(H2,42,44,51)(H2,43,46,47,52,53). The van der Waals surface area contributed by atoms with Crippen molar-refractivity contribution in [2.45, 2.75) is 137 Å². The molecule has 0 radical (unpaired) electrons. The number of nitrogens with zero attached hydrogens (tertiary/aromatic N) is 5. The lowest BCUT2D eigenvalue weighted by atomic mass is 10.1. The number of halogens is 3. The molecule has 0 spiro atoms. The molecule has 0 bridgehead atoms. The zero-order valence-corrected chi connectivity index (χ0v) is 34.2. The predicted octanol–water partition coefficient (Wildman–Crippen LogP) is 6.74. The molecule has 4 N–H and O–H groups in total. The molecule has 0 unspecified atom stereocenters. The maximum absolute atomic E-state index is 13.2. The molecule has 4 amide bonds. The van der Waals surface area contributed by atoms with Gasteiger partial charge in [-0.2, -0.15) is 23.2 Å². The summed E-state index contributed by atoms with van der Waals surface area (Å²) in [5.74, 6) is -1.93. The molecule has 1 aromatic carbocycles. The highest BCUT2D eigenvalue weighted by atomic mass is 19.4. The van der Waals surface area contributed by atoms with Crippen molar-refractivity contribution in [3.63, 3.8) is 0 Å². The minimum Gasteiger partial charge on any atom is -0.492 e. The smallest absolute Gasteiger partial charge is 0.473 e. The Labute approximate surface area is 331 Å². The number of carbonyl (C=O) groups excluding carboxylic acids is 4. The fourth-order valence-corrected chi connectivity index (χ4v) is 4.73. The second kappa shape index (κ2) is 21.2. The van der Waals surface area contributed by atoms with E-state index in [1.807, 2.05) is 0 Å². The molecule has 0 aliphatic carbocycles. The van der Waals surface area contributed by atoms with Crippen molar-refractivity contribution in [1.29, 1.82) is 0 Å². The third-order valence-electron chi connectivity index (χ3n) is 7.06. The number of aryl methyl sites for hydroxylation is 1. The van der Waals surface area contributed by atoms with Gasteiger partial charge in [0.1, 0.15) is 35.0 Å². The van der Waals surface area contributed by atoms with Gasteiger partial charge in [-0.05, 0) is 99.4 Å². The Morgan fingerprint density at radius 3 is 1.70 bits per heavy atom. The van der Waals surface area contributed by atoms with Crippen molar-refractivity contribution in [3.8, 4) is 5.75 Å². The predicted molar refractivity (Wildman–Crippen MR) is 207 cm³/mol. The molecule has 318 valence electrons. The number of carbonyl (C=O) groups is 4. The molecule has 0 saturated carbocycles. The molecule has 16 nitrogen and oxygen atoms in total. The minimum atomic E-state index is -5.14. The van der Waals surface area contributed by atoms with Crippen LogP contribution in [-0.4, -0.2) is 81.2 Å². The third-order valence-corrected chi connectivity index (χ3v) is 7.06. The summed E-state index contributed by atoms with van der Waals surface area (Å²) in [6.45, 7) is 16.1. The average Bonchev–Trinajstić information content (AvgIpc) is 3.41. The van der Waals surface area contributed by atoms with E-state index in [0.29, 0.717) is 37.2 Å². The quantitative estimate of drug-likeness (QED) is 0.0799. The maximum Gasteiger partial charge on any atom is 0.473 e. The first-order chi connectivity index (χ1) is 26.3. The third kappa shape index (κ3) is 20.4. The number of hydrogen-bond acceptors (Lipinski definition) is 9. The number of nitrogens with one attached hydrogen (secondary N) is 2. The van der Waals surface area contributed by atoms with Gasteiger partial charge in [-0.25, -0.2) is 14.4 Å². The summed E-state index contributed by atoms with van der Waals surface area (Å²) in [4.78, 5) is 59.7. The number of hydrogen-bond donors (Lipinski definition) is 3. The normalized spacial score (nSPS) is 12.8. The van der Waals surface area contributed by atoms with Crippen LogP contribution in [0.25, 0.3) is 0 Å². The van der Waals surface area contributed by atoms with E-state index >= 15 is 0 Å². The van der Waals surface area contributed by atoms with E-state index in [2.05, 4.69) is 25.6 Å². The Kier molecular flexibility index (Phi) is 17.8. The first kappa shape index (κ1) is 47.8. The van der Waals surface area contributed by atoms with Crippen LogP contribution in [0.1, 0.15) is 106 Å². The first-order valence-electron chi connectivity index (χ1n) is 18.6. The number of amidine groups is 1. The summed E-state index contributed by atoms with van der Waals surface area (Å²) >= 11 is 0. The number of aliphatic imine (C=N–C) groups is 2. The Morgan fingerprint density at radius 1 is 0.702 bits per heavy atom. The second-order valence-electron chi connectivity index (χ2n) is 15.9. The molecule has 0 atom stereocenters. The number of rotatable bonds is 14. The van der Waals surface area contributed by atoms with Crippen molar-refractivity contribution in [2.75, 3.05) is 13.2 Å². The Bertz CT molecular complexity index is 1750. The number of ether oxygens (including phenoxy) is 4. The summed E-state index contributed by atoms with van der Waals surface area (Å²) in [5.41, 5.74) is 3.97. The van der Waals surface area contributed by atoms with E-state index in [-0.39, 0.29) is 30.6 Å².